The van der Waals surface area contributed by atoms with Crippen molar-refractivity contribution in [2.75, 3.05) is 19.6 Å². The van der Waals surface area contributed by atoms with Crippen molar-refractivity contribution in [3.63, 3.8) is 0 Å². The van der Waals surface area contributed by atoms with E-state index in [4.69, 9.17) is 4.74 Å². The molecular formula is C19H24N2O4. The van der Waals surface area contributed by atoms with Crippen LogP contribution in [0.3, 0.4) is 0 Å². The van der Waals surface area contributed by atoms with Crippen LogP contribution in [0.2, 0.25) is 0 Å². The van der Waals surface area contributed by atoms with Crippen LogP contribution in [0.5, 0.6) is 0 Å². The summed E-state index contributed by atoms with van der Waals surface area (Å²) >= 11 is 0. The van der Waals surface area contributed by atoms with Crippen LogP contribution in [0.15, 0.2) is 24.3 Å². The molecule has 2 aliphatic rings. The van der Waals surface area contributed by atoms with Crippen LogP contribution in [0.1, 0.15) is 42.1 Å². The first-order valence-electron chi connectivity index (χ1n) is 8.95. The second-order valence-electron chi connectivity index (χ2n) is 6.65. The van der Waals surface area contributed by atoms with Gasteiger partial charge in [-0.3, -0.25) is 9.59 Å². The van der Waals surface area contributed by atoms with Gasteiger partial charge in [0.25, 0.3) is 5.91 Å². The molecule has 3 rings (SSSR count). The Labute approximate surface area is 147 Å². The number of esters is 1. The van der Waals surface area contributed by atoms with Crippen LogP contribution >= 0.6 is 0 Å². The van der Waals surface area contributed by atoms with Crippen LogP contribution in [-0.2, 0) is 20.7 Å². The average molecular weight is 344 g/mol. The van der Waals surface area contributed by atoms with E-state index in [1.165, 1.54) is 0 Å². The number of carbonyl (C=O) groups is 3. The maximum atomic E-state index is 12.7. The van der Waals surface area contributed by atoms with Crippen molar-refractivity contribution in [3.8, 4) is 0 Å². The summed E-state index contributed by atoms with van der Waals surface area (Å²) < 4.78 is 5.35. The van der Waals surface area contributed by atoms with E-state index in [-0.39, 0.29) is 17.7 Å². The lowest BCUT2D eigenvalue weighted by Crippen LogP contribution is -2.49. The number of amides is 2. The molecule has 2 heterocycles. The molecule has 0 aliphatic carbocycles. The van der Waals surface area contributed by atoms with Gasteiger partial charge in [0.2, 0.25) is 5.91 Å². The van der Waals surface area contributed by atoms with Crippen molar-refractivity contribution < 1.29 is 19.1 Å². The Morgan fingerprint density at radius 3 is 2.68 bits per heavy atom. The molecule has 25 heavy (non-hydrogen) atoms. The molecular weight excluding hydrogens is 320 g/mol. The Morgan fingerprint density at radius 1 is 1.24 bits per heavy atom. The number of hydrogen-bond donors (Lipinski definition) is 1. The molecule has 0 aromatic heterocycles. The van der Waals surface area contributed by atoms with E-state index in [0.717, 1.165) is 12.0 Å². The summed E-state index contributed by atoms with van der Waals surface area (Å²) in [5, 5.41) is 2.91. The number of ether oxygens (including phenoxy) is 1. The zero-order valence-corrected chi connectivity index (χ0v) is 14.5. The molecule has 1 saturated heterocycles. The molecule has 0 radical (unpaired) electrons. The molecule has 6 nitrogen and oxygen atoms in total. The fraction of sp³-hybridized carbons (Fsp3) is 0.526. The summed E-state index contributed by atoms with van der Waals surface area (Å²) in [4.78, 5) is 38.5. The Balaban J connectivity index is 1.57. The topological polar surface area (TPSA) is 75.7 Å². The second-order valence-corrected chi connectivity index (χ2v) is 6.65. The summed E-state index contributed by atoms with van der Waals surface area (Å²) in [6.07, 6.45) is 1.87. The van der Waals surface area contributed by atoms with E-state index in [9.17, 15) is 14.4 Å². The highest BCUT2D eigenvalue weighted by atomic mass is 16.5. The minimum absolute atomic E-state index is 0.0368. The monoisotopic (exact) mass is 344 g/mol. The van der Waals surface area contributed by atoms with Gasteiger partial charge < -0.3 is 15.0 Å². The summed E-state index contributed by atoms with van der Waals surface area (Å²) in [5.41, 5.74) is 1.39. The number of cyclic esters (lactones) is 1. The second kappa shape index (κ2) is 7.68. The van der Waals surface area contributed by atoms with Gasteiger partial charge in [0.15, 0.2) is 6.10 Å². The van der Waals surface area contributed by atoms with Crippen molar-refractivity contribution >= 4 is 17.8 Å². The molecule has 0 bridgehead atoms. The van der Waals surface area contributed by atoms with E-state index >= 15 is 0 Å². The van der Waals surface area contributed by atoms with Gasteiger partial charge in [-0.25, -0.2) is 4.79 Å². The zero-order valence-electron chi connectivity index (χ0n) is 14.5. The Bertz CT molecular complexity index is 665. The zero-order chi connectivity index (χ0) is 17.8. The number of carbonyl (C=O) groups excluding carboxylic acids is 3. The lowest BCUT2D eigenvalue weighted by atomic mass is 9.94. The van der Waals surface area contributed by atoms with Crippen molar-refractivity contribution in [1.29, 1.82) is 0 Å². The lowest BCUT2D eigenvalue weighted by Gasteiger charge is -2.34. The number of likely N-dealkylation sites (tertiary alicyclic amines) is 1. The number of fused-ring (bicyclic) bond motifs is 1. The average Bonchev–Trinajstić information content (AvgIpc) is 2.65. The fourth-order valence-electron chi connectivity index (χ4n) is 3.43. The lowest BCUT2D eigenvalue weighted by molar-refractivity contribution is -0.144. The highest BCUT2D eigenvalue weighted by Crippen LogP contribution is 2.24. The summed E-state index contributed by atoms with van der Waals surface area (Å²) in [7, 11) is 0. The molecule has 1 fully saturated rings. The first-order valence-corrected chi connectivity index (χ1v) is 8.95. The summed E-state index contributed by atoms with van der Waals surface area (Å²) in [6.45, 7) is 3.76. The van der Waals surface area contributed by atoms with E-state index in [1.54, 1.807) is 17.0 Å². The molecule has 134 valence electrons. The molecule has 2 amide bonds. The third-order valence-electron chi connectivity index (χ3n) is 4.89. The van der Waals surface area contributed by atoms with Crippen LogP contribution in [0.25, 0.3) is 0 Å². The molecule has 1 aromatic carbocycles. The van der Waals surface area contributed by atoms with Crippen molar-refractivity contribution in [2.45, 2.75) is 38.7 Å². The van der Waals surface area contributed by atoms with Gasteiger partial charge in [-0.05, 0) is 30.9 Å². The quantitative estimate of drug-likeness (QED) is 0.841. The number of benzene rings is 1. The number of nitrogens with one attached hydrogen (secondary N) is 1. The van der Waals surface area contributed by atoms with Gasteiger partial charge in [-0.15, -0.1) is 0 Å². The van der Waals surface area contributed by atoms with Gasteiger partial charge in [-0.1, -0.05) is 25.1 Å². The Hall–Kier alpha value is -2.37. The molecule has 2 aliphatic heterocycles. The number of piperidine rings is 1. The van der Waals surface area contributed by atoms with Crippen LogP contribution in [0, 0.1) is 5.92 Å². The third kappa shape index (κ3) is 3.83. The molecule has 1 N–H and O–H groups in total. The van der Waals surface area contributed by atoms with Crippen molar-refractivity contribution in [1.82, 2.24) is 10.2 Å². The van der Waals surface area contributed by atoms with Crippen LogP contribution in [-0.4, -0.2) is 48.4 Å². The number of hydrogen-bond acceptors (Lipinski definition) is 4. The largest absolute Gasteiger partial charge is 0.448 e. The van der Waals surface area contributed by atoms with Crippen LogP contribution < -0.4 is 5.32 Å². The SMILES string of the molecule is CCCNC(=O)C1CCN(C(=O)C2Cc3ccccc3C(=O)O2)CC1. The minimum atomic E-state index is -0.757. The minimum Gasteiger partial charge on any atom is -0.448 e. The van der Waals surface area contributed by atoms with E-state index < -0.39 is 12.1 Å². The van der Waals surface area contributed by atoms with Crippen LogP contribution in [0.4, 0.5) is 0 Å². The Kier molecular flexibility index (Phi) is 5.36. The predicted molar refractivity (Wildman–Crippen MR) is 92.0 cm³/mol. The third-order valence-corrected chi connectivity index (χ3v) is 4.89. The molecule has 1 atom stereocenters. The van der Waals surface area contributed by atoms with Gasteiger partial charge in [0, 0.05) is 32.0 Å². The smallest absolute Gasteiger partial charge is 0.339 e. The molecule has 1 aromatic rings. The fourth-order valence-corrected chi connectivity index (χ4v) is 3.43. The number of nitrogens with zero attached hydrogens (tertiary/aromatic N) is 1. The maximum absolute atomic E-state index is 12.7. The normalized spacial score (nSPS) is 20.6. The summed E-state index contributed by atoms with van der Waals surface area (Å²) in [6, 6.07) is 7.23. The van der Waals surface area contributed by atoms with Gasteiger partial charge >= 0.3 is 5.97 Å². The first-order chi connectivity index (χ1) is 12.1. The maximum Gasteiger partial charge on any atom is 0.339 e. The van der Waals surface area contributed by atoms with Gasteiger partial charge in [0.1, 0.15) is 0 Å². The van der Waals surface area contributed by atoms with Gasteiger partial charge in [0.05, 0.1) is 5.56 Å². The van der Waals surface area contributed by atoms with E-state index in [2.05, 4.69) is 5.32 Å². The van der Waals surface area contributed by atoms with E-state index in [1.807, 2.05) is 19.1 Å². The predicted octanol–water partition coefficient (Wildman–Crippen LogP) is 1.53. The number of rotatable bonds is 4. The molecule has 1 unspecified atom stereocenters. The first kappa shape index (κ1) is 17.5. The molecule has 0 spiro atoms. The van der Waals surface area contributed by atoms with Gasteiger partial charge in [-0.2, -0.15) is 0 Å². The van der Waals surface area contributed by atoms with Crippen molar-refractivity contribution in [3.05, 3.63) is 35.4 Å². The highest BCUT2D eigenvalue weighted by molar-refractivity contribution is 5.95. The molecule has 6 heteroatoms. The Morgan fingerprint density at radius 2 is 1.96 bits per heavy atom. The standard InChI is InChI=1S/C19H24N2O4/c1-2-9-20-17(22)13-7-10-21(11-8-13)18(23)16-12-14-5-3-4-6-15(14)19(24)25-16/h3-6,13,16H,2,7-12H2,1H3,(H,20,22). The van der Waals surface area contributed by atoms with E-state index in [0.29, 0.717) is 44.5 Å². The molecule has 0 saturated carbocycles. The van der Waals surface area contributed by atoms with Crippen molar-refractivity contribution in [2.24, 2.45) is 5.92 Å². The highest BCUT2D eigenvalue weighted by Gasteiger charge is 2.36. The summed E-state index contributed by atoms with van der Waals surface area (Å²) in [5.74, 6) is -0.554.